The van der Waals surface area contributed by atoms with Crippen LogP contribution in [0.3, 0.4) is 0 Å². The Hall–Kier alpha value is -2.87. The standard InChI is InChI=1S/C19H20N2O5S/c1-27(25,26)21-11-10-14-12-15(5-8-17(14)21)19(24)20-16-6-2-13(3-7-16)4-9-18(22)23/h2-3,5-8,12H,4,9-11H2,1H3,(H,20,24)(H,22,23). The Morgan fingerprint density at radius 3 is 2.48 bits per heavy atom. The molecule has 2 N–H and O–H groups in total. The maximum Gasteiger partial charge on any atom is 0.303 e. The van der Waals surface area contributed by atoms with Crippen LogP contribution < -0.4 is 9.62 Å². The van der Waals surface area contributed by atoms with Crippen molar-refractivity contribution >= 4 is 33.3 Å². The van der Waals surface area contributed by atoms with Gasteiger partial charge < -0.3 is 10.4 Å². The Morgan fingerprint density at radius 2 is 1.85 bits per heavy atom. The highest BCUT2D eigenvalue weighted by molar-refractivity contribution is 7.92. The molecule has 1 amide bonds. The van der Waals surface area contributed by atoms with Crippen molar-refractivity contribution in [3.05, 3.63) is 59.2 Å². The van der Waals surface area contributed by atoms with Crippen LogP contribution in [0.4, 0.5) is 11.4 Å². The summed E-state index contributed by atoms with van der Waals surface area (Å²) >= 11 is 0. The van der Waals surface area contributed by atoms with Gasteiger partial charge in [0, 0.05) is 24.2 Å². The van der Waals surface area contributed by atoms with E-state index in [2.05, 4.69) is 5.32 Å². The van der Waals surface area contributed by atoms with Crippen molar-refractivity contribution in [2.24, 2.45) is 0 Å². The summed E-state index contributed by atoms with van der Waals surface area (Å²) in [4.78, 5) is 23.1. The van der Waals surface area contributed by atoms with Crippen molar-refractivity contribution in [2.45, 2.75) is 19.3 Å². The van der Waals surface area contributed by atoms with E-state index in [0.717, 1.165) is 11.1 Å². The van der Waals surface area contributed by atoms with Gasteiger partial charge >= 0.3 is 5.97 Å². The number of hydrogen-bond acceptors (Lipinski definition) is 4. The van der Waals surface area contributed by atoms with Crippen LogP contribution in [0.5, 0.6) is 0 Å². The van der Waals surface area contributed by atoms with E-state index in [1.165, 1.54) is 10.6 Å². The lowest BCUT2D eigenvalue weighted by Gasteiger charge is -2.16. The number of aliphatic carboxylic acids is 1. The number of nitrogens with one attached hydrogen (secondary N) is 1. The predicted octanol–water partition coefficient (Wildman–Crippen LogP) is 2.28. The van der Waals surface area contributed by atoms with E-state index in [1.54, 1.807) is 42.5 Å². The minimum absolute atomic E-state index is 0.0608. The van der Waals surface area contributed by atoms with Crippen molar-refractivity contribution in [3.8, 4) is 0 Å². The molecule has 1 heterocycles. The first kappa shape index (κ1) is 18.9. The molecule has 0 bridgehead atoms. The number of benzene rings is 2. The molecule has 0 spiro atoms. The van der Waals surface area contributed by atoms with E-state index >= 15 is 0 Å². The van der Waals surface area contributed by atoms with Crippen LogP contribution in [0, 0.1) is 0 Å². The molecule has 1 aliphatic rings. The molecular weight excluding hydrogens is 368 g/mol. The highest BCUT2D eigenvalue weighted by Gasteiger charge is 2.26. The lowest BCUT2D eigenvalue weighted by atomic mass is 10.1. The number of anilines is 2. The fourth-order valence-electron chi connectivity index (χ4n) is 3.07. The van der Waals surface area contributed by atoms with Gasteiger partial charge in [-0.3, -0.25) is 13.9 Å². The number of aryl methyl sites for hydroxylation is 1. The van der Waals surface area contributed by atoms with Crippen molar-refractivity contribution in [1.82, 2.24) is 0 Å². The lowest BCUT2D eigenvalue weighted by molar-refractivity contribution is -0.136. The summed E-state index contributed by atoms with van der Waals surface area (Å²) < 4.78 is 24.9. The number of fused-ring (bicyclic) bond motifs is 1. The van der Waals surface area contributed by atoms with E-state index in [9.17, 15) is 18.0 Å². The van der Waals surface area contributed by atoms with Crippen molar-refractivity contribution in [1.29, 1.82) is 0 Å². The minimum Gasteiger partial charge on any atom is -0.481 e. The number of amides is 1. The number of carboxylic acid groups (broad SMARTS) is 1. The first-order valence-corrected chi connectivity index (χ1v) is 10.3. The van der Waals surface area contributed by atoms with Gasteiger partial charge in [-0.1, -0.05) is 12.1 Å². The van der Waals surface area contributed by atoms with Gasteiger partial charge in [-0.05, 0) is 54.3 Å². The third-order valence-corrected chi connectivity index (χ3v) is 5.61. The summed E-state index contributed by atoms with van der Waals surface area (Å²) in [5, 5.41) is 11.5. The Morgan fingerprint density at radius 1 is 1.15 bits per heavy atom. The third-order valence-electron chi connectivity index (χ3n) is 4.43. The van der Waals surface area contributed by atoms with Gasteiger partial charge in [-0.15, -0.1) is 0 Å². The summed E-state index contributed by atoms with van der Waals surface area (Å²) in [5.41, 5.74) is 3.40. The number of carbonyl (C=O) groups is 2. The molecule has 0 unspecified atom stereocenters. The number of nitrogens with zero attached hydrogens (tertiary/aromatic N) is 1. The van der Waals surface area contributed by atoms with Gasteiger partial charge in [-0.2, -0.15) is 0 Å². The molecule has 7 nitrogen and oxygen atoms in total. The Kier molecular flexibility index (Phi) is 5.18. The maximum absolute atomic E-state index is 12.5. The van der Waals surface area contributed by atoms with Crippen LogP contribution >= 0.6 is 0 Å². The predicted molar refractivity (Wildman–Crippen MR) is 103 cm³/mol. The molecule has 2 aromatic carbocycles. The van der Waals surface area contributed by atoms with Crippen LogP contribution in [-0.2, 0) is 27.7 Å². The SMILES string of the molecule is CS(=O)(=O)N1CCc2cc(C(=O)Nc3ccc(CCC(=O)O)cc3)ccc21. The minimum atomic E-state index is -3.32. The zero-order valence-electron chi connectivity index (χ0n) is 14.8. The third kappa shape index (κ3) is 4.46. The monoisotopic (exact) mass is 388 g/mol. The topological polar surface area (TPSA) is 104 Å². The van der Waals surface area contributed by atoms with Crippen molar-refractivity contribution in [2.75, 3.05) is 22.4 Å². The second-order valence-corrected chi connectivity index (χ2v) is 8.38. The lowest BCUT2D eigenvalue weighted by Crippen LogP contribution is -2.27. The highest BCUT2D eigenvalue weighted by atomic mass is 32.2. The molecule has 2 aromatic rings. The van der Waals surface area contributed by atoms with Crippen LogP contribution in [0.25, 0.3) is 0 Å². The summed E-state index contributed by atoms with van der Waals surface area (Å²) in [6.07, 6.45) is 2.24. The van der Waals surface area contributed by atoms with Gasteiger partial charge in [0.15, 0.2) is 0 Å². The van der Waals surface area contributed by atoms with E-state index in [1.807, 2.05) is 0 Å². The van der Waals surface area contributed by atoms with Crippen LogP contribution in [0.1, 0.15) is 27.9 Å². The molecule has 1 aliphatic heterocycles. The van der Waals surface area contributed by atoms with E-state index in [4.69, 9.17) is 5.11 Å². The Balaban J connectivity index is 1.69. The van der Waals surface area contributed by atoms with Gasteiger partial charge in [0.05, 0.1) is 11.9 Å². The Bertz CT molecular complexity index is 984. The second-order valence-electron chi connectivity index (χ2n) is 6.47. The molecule has 0 atom stereocenters. The molecule has 0 saturated carbocycles. The second kappa shape index (κ2) is 7.40. The fourth-order valence-corrected chi connectivity index (χ4v) is 4.02. The van der Waals surface area contributed by atoms with Gasteiger partial charge in [0.1, 0.15) is 0 Å². The molecule has 0 saturated heterocycles. The van der Waals surface area contributed by atoms with Crippen molar-refractivity contribution in [3.63, 3.8) is 0 Å². The van der Waals surface area contributed by atoms with Crippen LogP contribution in [0.2, 0.25) is 0 Å². The maximum atomic E-state index is 12.5. The van der Waals surface area contributed by atoms with Gasteiger partial charge in [-0.25, -0.2) is 8.42 Å². The van der Waals surface area contributed by atoms with E-state index in [0.29, 0.717) is 36.3 Å². The molecular formula is C19H20N2O5S. The fraction of sp³-hybridized carbons (Fsp3) is 0.263. The molecule has 8 heteroatoms. The number of carboxylic acids is 1. The Labute approximate surface area is 157 Å². The van der Waals surface area contributed by atoms with E-state index in [-0.39, 0.29) is 12.3 Å². The smallest absolute Gasteiger partial charge is 0.303 e. The molecule has 0 aromatic heterocycles. The van der Waals surface area contributed by atoms with Gasteiger partial charge in [0.2, 0.25) is 10.0 Å². The molecule has 27 heavy (non-hydrogen) atoms. The summed E-state index contributed by atoms with van der Waals surface area (Å²) in [6, 6.07) is 12.0. The molecule has 3 rings (SSSR count). The van der Waals surface area contributed by atoms with Crippen molar-refractivity contribution < 1.29 is 23.1 Å². The molecule has 142 valence electrons. The number of hydrogen-bond donors (Lipinski definition) is 2. The first-order valence-electron chi connectivity index (χ1n) is 8.47. The number of rotatable bonds is 6. The molecule has 0 aliphatic carbocycles. The first-order chi connectivity index (χ1) is 12.7. The quantitative estimate of drug-likeness (QED) is 0.790. The summed E-state index contributed by atoms with van der Waals surface area (Å²) in [7, 11) is -3.32. The van der Waals surface area contributed by atoms with Gasteiger partial charge in [0.25, 0.3) is 5.91 Å². The zero-order valence-corrected chi connectivity index (χ0v) is 15.6. The van der Waals surface area contributed by atoms with E-state index < -0.39 is 16.0 Å². The summed E-state index contributed by atoms with van der Waals surface area (Å²) in [6.45, 7) is 0.386. The molecule has 0 radical (unpaired) electrons. The highest BCUT2D eigenvalue weighted by Crippen LogP contribution is 2.30. The van der Waals surface area contributed by atoms with Crippen LogP contribution in [-0.4, -0.2) is 38.2 Å². The zero-order chi connectivity index (χ0) is 19.6. The summed E-state index contributed by atoms with van der Waals surface area (Å²) in [5.74, 6) is -1.13. The number of carbonyl (C=O) groups excluding carboxylic acids is 1. The average Bonchev–Trinajstić information content (AvgIpc) is 3.04. The molecule has 0 fully saturated rings. The van der Waals surface area contributed by atoms with Crippen LogP contribution in [0.15, 0.2) is 42.5 Å². The number of sulfonamides is 1. The largest absolute Gasteiger partial charge is 0.481 e. The average molecular weight is 388 g/mol. The normalized spacial score (nSPS) is 13.3.